The SMILES string of the molecule is CCOCCCNC(=O)c1cccc(NC(=O)/C=C/c2ccc(C)cc2C)c1. The molecule has 0 heterocycles. The first-order chi connectivity index (χ1) is 13.5. The average Bonchev–Trinajstić information content (AvgIpc) is 2.67. The Hall–Kier alpha value is -2.92. The lowest BCUT2D eigenvalue weighted by molar-refractivity contribution is -0.111. The zero-order chi connectivity index (χ0) is 20.4. The summed E-state index contributed by atoms with van der Waals surface area (Å²) in [6.07, 6.45) is 4.05. The zero-order valence-corrected chi connectivity index (χ0v) is 16.7. The molecule has 0 aliphatic carbocycles. The second kappa shape index (κ2) is 11.0. The van der Waals surface area contributed by atoms with E-state index in [9.17, 15) is 9.59 Å². The molecule has 2 rings (SSSR count). The molecule has 0 aliphatic rings. The largest absolute Gasteiger partial charge is 0.382 e. The van der Waals surface area contributed by atoms with Crippen LogP contribution >= 0.6 is 0 Å². The summed E-state index contributed by atoms with van der Waals surface area (Å²) in [5.74, 6) is -0.410. The second-order valence-corrected chi connectivity index (χ2v) is 6.57. The molecule has 0 aliphatic heterocycles. The van der Waals surface area contributed by atoms with Gasteiger partial charge in [-0.15, -0.1) is 0 Å². The van der Waals surface area contributed by atoms with Gasteiger partial charge in [0.1, 0.15) is 0 Å². The number of hydrogen-bond acceptors (Lipinski definition) is 3. The van der Waals surface area contributed by atoms with E-state index in [1.165, 1.54) is 11.6 Å². The van der Waals surface area contributed by atoms with Crippen molar-refractivity contribution in [2.24, 2.45) is 0 Å². The van der Waals surface area contributed by atoms with Crippen LogP contribution in [0.4, 0.5) is 5.69 Å². The highest BCUT2D eigenvalue weighted by Crippen LogP contribution is 2.13. The van der Waals surface area contributed by atoms with Crippen LogP contribution in [0.2, 0.25) is 0 Å². The fourth-order valence-corrected chi connectivity index (χ4v) is 2.72. The van der Waals surface area contributed by atoms with Gasteiger partial charge in [-0.3, -0.25) is 9.59 Å². The first-order valence-electron chi connectivity index (χ1n) is 9.52. The van der Waals surface area contributed by atoms with Crippen LogP contribution in [0, 0.1) is 13.8 Å². The lowest BCUT2D eigenvalue weighted by atomic mass is 10.1. The van der Waals surface area contributed by atoms with Crippen molar-refractivity contribution in [1.29, 1.82) is 0 Å². The van der Waals surface area contributed by atoms with E-state index < -0.39 is 0 Å². The minimum absolute atomic E-state index is 0.168. The minimum atomic E-state index is -0.241. The molecule has 2 aromatic carbocycles. The summed E-state index contributed by atoms with van der Waals surface area (Å²) in [5, 5.41) is 5.65. The van der Waals surface area contributed by atoms with Gasteiger partial charge >= 0.3 is 0 Å². The van der Waals surface area contributed by atoms with Gasteiger partial charge < -0.3 is 15.4 Å². The molecule has 0 saturated carbocycles. The Balaban J connectivity index is 1.91. The number of amides is 2. The molecular formula is C23H28N2O3. The van der Waals surface area contributed by atoms with E-state index in [1.807, 2.05) is 32.9 Å². The van der Waals surface area contributed by atoms with Crippen molar-refractivity contribution in [2.75, 3.05) is 25.1 Å². The van der Waals surface area contributed by atoms with E-state index in [2.05, 4.69) is 16.7 Å². The minimum Gasteiger partial charge on any atom is -0.382 e. The van der Waals surface area contributed by atoms with Gasteiger partial charge in [0.25, 0.3) is 5.91 Å². The number of carbonyl (C=O) groups excluding carboxylic acids is 2. The van der Waals surface area contributed by atoms with Gasteiger partial charge in [0.15, 0.2) is 0 Å². The third-order valence-electron chi connectivity index (χ3n) is 4.19. The molecular weight excluding hydrogens is 352 g/mol. The highest BCUT2D eigenvalue weighted by Gasteiger charge is 2.07. The van der Waals surface area contributed by atoms with Crippen LogP contribution in [-0.2, 0) is 9.53 Å². The summed E-state index contributed by atoms with van der Waals surface area (Å²) in [6.45, 7) is 7.84. The molecule has 2 N–H and O–H groups in total. The number of benzene rings is 2. The molecule has 2 aromatic rings. The summed E-state index contributed by atoms with van der Waals surface area (Å²) in [5.41, 5.74) is 4.39. The Labute approximate surface area is 166 Å². The summed E-state index contributed by atoms with van der Waals surface area (Å²) in [6, 6.07) is 13.0. The van der Waals surface area contributed by atoms with Gasteiger partial charge in [0, 0.05) is 37.1 Å². The maximum Gasteiger partial charge on any atom is 0.251 e. The molecule has 0 atom stereocenters. The smallest absolute Gasteiger partial charge is 0.251 e. The highest BCUT2D eigenvalue weighted by molar-refractivity contribution is 6.03. The van der Waals surface area contributed by atoms with Crippen molar-refractivity contribution in [2.45, 2.75) is 27.2 Å². The van der Waals surface area contributed by atoms with E-state index >= 15 is 0 Å². The van der Waals surface area contributed by atoms with Gasteiger partial charge in [0.2, 0.25) is 5.91 Å². The first kappa shape index (κ1) is 21.4. The average molecular weight is 380 g/mol. The first-order valence-corrected chi connectivity index (χ1v) is 9.52. The van der Waals surface area contributed by atoms with E-state index in [-0.39, 0.29) is 11.8 Å². The molecule has 0 saturated heterocycles. The summed E-state index contributed by atoms with van der Waals surface area (Å²) >= 11 is 0. The molecule has 2 amide bonds. The van der Waals surface area contributed by atoms with Crippen LogP contribution in [0.15, 0.2) is 48.5 Å². The van der Waals surface area contributed by atoms with Gasteiger partial charge in [-0.2, -0.15) is 0 Å². The Morgan fingerprint density at radius 3 is 2.68 bits per heavy atom. The van der Waals surface area contributed by atoms with Crippen molar-refractivity contribution in [1.82, 2.24) is 5.32 Å². The molecule has 0 bridgehead atoms. The molecule has 0 spiro atoms. The molecule has 28 heavy (non-hydrogen) atoms. The number of carbonyl (C=O) groups is 2. The fourth-order valence-electron chi connectivity index (χ4n) is 2.72. The predicted molar refractivity (Wildman–Crippen MR) is 113 cm³/mol. The van der Waals surface area contributed by atoms with Crippen LogP contribution in [0.5, 0.6) is 0 Å². The number of rotatable bonds is 9. The summed E-state index contributed by atoms with van der Waals surface area (Å²) in [7, 11) is 0. The third-order valence-corrected chi connectivity index (χ3v) is 4.19. The second-order valence-electron chi connectivity index (χ2n) is 6.57. The maximum absolute atomic E-state index is 12.2. The topological polar surface area (TPSA) is 67.4 Å². The van der Waals surface area contributed by atoms with E-state index in [0.29, 0.717) is 31.0 Å². The van der Waals surface area contributed by atoms with Crippen molar-refractivity contribution in [3.05, 3.63) is 70.8 Å². The highest BCUT2D eigenvalue weighted by atomic mass is 16.5. The molecule has 0 radical (unpaired) electrons. The van der Waals surface area contributed by atoms with E-state index in [0.717, 1.165) is 17.5 Å². The van der Waals surface area contributed by atoms with Crippen molar-refractivity contribution >= 4 is 23.6 Å². The predicted octanol–water partition coefficient (Wildman–Crippen LogP) is 4.11. The van der Waals surface area contributed by atoms with Crippen LogP contribution in [0.1, 0.15) is 40.4 Å². The number of aryl methyl sites for hydroxylation is 2. The van der Waals surface area contributed by atoms with Crippen LogP contribution in [0.3, 0.4) is 0 Å². The van der Waals surface area contributed by atoms with E-state index in [4.69, 9.17) is 4.74 Å². The standard InChI is InChI=1S/C23H28N2O3/c1-4-28-14-6-13-24-23(27)20-7-5-8-21(16-20)25-22(26)12-11-19-10-9-17(2)15-18(19)3/h5,7-12,15-16H,4,6,13-14H2,1-3H3,(H,24,27)(H,25,26)/b12-11+. The molecule has 0 unspecified atom stereocenters. The van der Waals surface area contributed by atoms with Crippen LogP contribution < -0.4 is 10.6 Å². The molecule has 5 nitrogen and oxygen atoms in total. The number of nitrogens with one attached hydrogen (secondary N) is 2. The van der Waals surface area contributed by atoms with Gasteiger partial charge in [-0.25, -0.2) is 0 Å². The van der Waals surface area contributed by atoms with Crippen molar-refractivity contribution in [3.8, 4) is 0 Å². The van der Waals surface area contributed by atoms with Gasteiger partial charge in [-0.05, 0) is 62.6 Å². The van der Waals surface area contributed by atoms with Gasteiger partial charge in [0.05, 0.1) is 0 Å². The normalized spacial score (nSPS) is 10.8. The lowest BCUT2D eigenvalue weighted by Crippen LogP contribution is -2.25. The number of ether oxygens (including phenoxy) is 1. The molecule has 5 heteroatoms. The van der Waals surface area contributed by atoms with Crippen LogP contribution in [-0.4, -0.2) is 31.6 Å². The number of anilines is 1. The lowest BCUT2D eigenvalue weighted by Gasteiger charge is -2.08. The maximum atomic E-state index is 12.2. The van der Waals surface area contributed by atoms with Crippen molar-refractivity contribution in [3.63, 3.8) is 0 Å². The zero-order valence-electron chi connectivity index (χ0n) is 16.7. The number of hydrogen-bond donors (Lipinski definition) is 2. The van der Waals surface area contributed by atoms with E-state index in [1.54, 1.807) is 30.3 Å². The Bertz CT molecular complexity index is 843. The molecule has 0 aromatic heterocycles. The monoisotopic (exact) mass is 380 g/mol. The van der Waals surface area contributed by atoms with Gasteiger partial charge in [-0.1, -0.05) is 29.8 Å². The Morgan fingerprint density at radius 1 is 1.11 bits per heavy atom. The summed E-state index contributed by atoms with van der Waals surface area (Å²) < 4.78 is 5.25. The quantitative estimate of drug-likeness (QED) is 0.508. The van der Waals surface area contributed by atoms with Crippen LogP contribution in [0.25, 0.3) is 6.08 Å². The third kappa shape index (κ3) is 7.00. The molecule has 148 valence electrons. The Kier molecular flexibility index (Phi) is 8.43. The Morgan fingerprint density at radius 2 is 1.93 bits per heavy atom. The molecule has 0 fully saturated rings. The van der Waals surface area contributed by atoms with Crippen molar-refractivity contribution < 1.29 is 14.3 Å². The summed E-state index contributed by atoms with van der Waals surface area (Å²) in [4.78, 5) is 24.4. The fraction of sp³-hybridized carbons (Fsp3) is 0.304.